The first-order valence-corrected chi connectivity index (χ1v) is 9.97. The summed E-state index contributed by atoms with van der Waals surface area (Å²) < 4.78 is 0. The molecule has 2 aromatic carbocycles. The summed E-state index contributed by atoms with van der Waals surface area (Å²) >= 11 is 1.48. The molecule has 2 aliphatic heterocycles. The number of anilines is 3. The number of hydrogen-bond donors (Lipinski definition) is 1. The van der Waals surface area contributed by atoms with E-state index >= 15 is 0 Å². The Bertz CT molecular complexity index is 1100. The zero-order chi connectivity index (χ0) is 19.3. The maximum Gasteiger partial charge on any atom is 0.231 e. The van der Waals surface area contributed by atoms with Crippen molar-refractivity contribution in [3.8, 4) is 11.3 Å². The second-order valence-electron chi connectivity index (χ2n) is 7.00. The van der Waals surface area contributed by atoms with Gasteiger partial charge < -0.3 is 20.1 Å². The Morgan fingerprint density at radius 1 is 1.18 bits per heavy atom. The Labute approximate surface area is 165 Å². The standard InChI is InChI=1S/C21H17N3O3S/c25-18-10-15-9-14(8-13-2-1-7-24(18)19(13)15)17-11-28-21(23-17)22-16-5-3-12(4-6-16)20(26)27/h3-6,8-9,11H,1-2,7,10H2,(H,22,23)(H,26,27)/p-1. The summed E-state index contributed by atoms with van der Waals surface area (Å²) in [6.07, 6.45) is 2.45. The van der Waals surface area contributed by atoms with Crippen molar-refractivity contribution in [2.45, 2.75) is 19.3 Å². The van der Waals surface area contributed by atoms with Crippen LogP contribution in [-0.4, -0.2) is 23.4 Å². The van der Waals surface area contributed by atoms with E-state index in [9.17, 15) is 14.7 Å². The van der Waals surface area contributed by atoms with E-state index in [1.54, 1.807) is 12.1 Å². The molecule has 0 fully saturated rings. The minimum Gasteiger partial charge on any atom is -0.545 e. The van der Waals surface area contributed by atoms with E-state index in [0.717, 1.165) is 52.7 Å². The number of rotatable bonds is 4. The number of carbonyl (C=O) groups excluding carboxylic acids is 2. The first kappa shape index (κ1) is 16.9. The van der Waals surface area contributed by atoms with Crippen molar-refractivity contribution in [1.29, 1.82) is 0 Å². The second kappa shape index (κ2) is 6.45. The number of carboxylic acid groups (broad SMARTS) is 1. The lowest BCUT2D eigenvalue weighted by molar-refractivity contribution is -0.255. The molecule has 3 heterocycles. The van der Waals surface area contributed by atoms with Crippen molar-refractivity contribution in [3.05, 3.63) is 58.5 Å². The van der Waals surface area contributed by atoms with Gasteiger partial charge in [-0.3, -0.25) is 4.79 Å². The van der Waals surface area contributed by atoms with Crippen LogP contribution in [0.3, 0.4) is 0 Å². The third kappa shape index (κ3) is 2.84. The number of aromatic nitrogens is 1. The molecule has 0 saturated heterocycles. The summed E-state index contributed by atoms with van der Waals surface area (Å²) in [4.78, 5) is 29.7. The maximum atomic E-state index is 12.2. The van der Waals surface area contributed by atoms with Crippen LogP contribution in [0.1, 0.15) is 27.9 Å². The number of thiazole rings is 1. The maximum absolute atomic E-state index is 12.2. The van der Waals surface area contributed by atoms with Gasteiger partial charge in [0, 0.05) is 23.2 Å². The van der Waals surface area contributed by atoms with Gasteiger partial charge in [0.05, 0.1) is 23.8 Å². The molecule has 0 unspecified atom stereocenters. The number of carbonyl (C=O) groups is 2. The van der Waals surface area contributed by atoms with Gasteiger partial charge in [-0.2, -0.15) is 0 Å². The van der Waals surface area contributed by atoms with Gasteiger partial charge in [-0.25, -0.2) is 4.98 Å². The Kier molecular flexibility index (Phi) is 3.91. The lowest BCUT2D eigenvalue weighted by atomic mass is 9.96. The largest absolute Gasteiger partial charge is 0.545 e. The van der Waals surface area contributed by atoms with Crippen molar-refractivity contribution >= 4 is 39.7 Å². The van der Waals surface area contributed by atoms with Crippen LogP contribution >= 0.6 is 11.3 Å². The molecule has 0 spiro atoms. The number of aromatic carboxylic acids is 1. The zero-order valence-electron chi connectivity index (χ0n) is 14.9. The highest BCUT2D eigenvalue weighted by molar-refractivity contribution is 7.14. The minimum absolute atomic E-state index is 0.140. The molecule has 0 radical (unpaired) electrons. The number of nitrogens with one attached hydrogen (secondary N) is 1. The van der Waals surface area contributed by atoms with Crippen LogP contribution in [0.25, 0.3) is 11.3 Å². The van der Waals surface area contributed by atoms with Gasteiger partial charge in [0.1, 0.15) is 0 Å². The fourth-order valence-electron chi connectivity index (χ4n) is 3.90. The fraction of sp³-hybridized carbons (Fsp3) is 0.190. The van der Waals surface area contributed by atoms with Crippen LogP contribution in [0.2, 0.25) is 0 Å². The SMILES string of the molecule is O=C([O-])c1ccc(Nc2nc(-c3cc4c5c(c3)CC(=O)N5CCC4)cs2)cc1. The van der Waals surface area contributed by atoms with Crippen molar-refractivity contribution in [2.24, 2.45) is 0 Å². The molecule has 7 heteroatoms. The van der Waals surface area contributed by atoms with Crippen molar-refractivity contribution in [1.82, 2.24) is 4.98 Å². The van der Waals surface area contributed by atoms with Crippen LogP contribution < -0.4 is 15.3 Å². The summed E-state index contributed by atoms with van der Waals surface area (Å²) in [6, 6.07) is 10.6. The predicted octanol–water partition coefficient (Wildman–Crippen LogP) is 2.75. The molecule has 6 nitrogen and oxygen atoms in total. The highest BCUT2D eigenvalue weighted by atomic mass is 32.1. The van der Waals surface area contributed by atoms with Crippen LogP contribution in [0.15, 0.2) is 41.8 Å². The summed E-state index contributed by atoms with van der Waals surface area (Å²) in [6.45, 7) is 0.819. The highest BCUT2D eigenvalue weighted by Gasteiger charge is 2.32. The van der Waals surface area contributed by atoms with E-state index in [4.69, 9.17) is 0 Å². The van der Waals surface area contributed by atoms with E-state index in [2.05, 4.69) is 22.4 Å². The monoisotopic (exact) mass is 390 g/mol. The average Bonchev–Trinajstić information content (AvgIpc) is 3.28. The molecule has 1 amide bonds. The Hall–Kier alpha value is -3.19. The molecule has 28 heavy (non-hydrogen) atoms. The lowest BCUT2D eigenvalue weighted by Gasteiger charge is -2.25. The summed E-state index contributed by atoms with van der Waals surface area (Å²) in [7, 11) is 0. The third-order valence-corrected chi connectivity index (χ3v) is 5.94. The zero-order valence-corrected chi connectivity index (χ0v) is 15.7. The van der Waals surface area contributed by atoms with Crippen LogP contribution in [0.5, 0.6) is 0 Å². The lowest BCUT2D eigenvalue weighted by Crippen LogP contribution is -2.31. The van der Waals surface area contributed by atoms with Crippen molar-refractivity contribution < 1.29 is 14.7 Å². The summed E-state index contributed by atoms with van der Waals surface area (Å²) in [5.41, 5.74) is 6.23. The first-order chi connectivity index (χ1) is 13.6. The molecule has 140 valence electrons. The quantitative estimate of drug-likeness (QED) is 0.740. The number of carboxylic acids is 1. The summed E-state index contributed by atoms with van der Waals surface area (Å²) in [5.74, 6) is -1.01. The molecular formula is C21H16N3O3S-. The second-order valence-corrected chi connectivity index (χ2v) is 7.85. The molecule has 0 saturated carbocycles. The van der Waals surface area contributed by atoms with Gasteiger partial charge in [-0.05, 0) is 53.8 Å². The topological polar surface area (TPSA) is 85.4 Å². The van der Waals surface area contributed by atoms with E-state index in [1.807, 2.05) is 10.3 Å². The Balaban J connectivity index is 1.42. The number of hydrogen-bond acceptors (Lipinski definition) is 6. The number of aryl methyl sites for hydroxylation is 1. The van der Waals surface area contributed by atoms with Gasteiger partial charge in [0.2, 0.25) is 5.91 Å². The number of amides is 1. The van der Waals surface area contributed by atoms with Crippen LogP contribution in [-0.2, 0) is 17.6 Å². The smallest absolute Gasteiger partial charge is 0.231 e. The fourth-order valence-corrected chi connectivity index (χ4v) is 4.64. The molecule has 1 N–H and O–H groups in total. The third-order valence-electron chi connectivity index (χ3n) is 5.18. The minimum atomic E-state index is -1.19. The van der Waals surface area contributed by atoms with Gasteiger partial charge in [-0.15, -0.1) is 11.3 Å². The van der Waals surface area contributed by atoms with Gasteiger partial charge >= 0.3 is 0 Å². The molecular weight excluding hydrogens is 374 g/mol. The Morgan fingerprint density at radius 2 is 1.96 bits per heavy atom. The molecule has 0 aliphatic carbocycles. The molecule has 3 aromatic rings. The Morgan fingerprint density at radius 3 is 2.75 bits per heavy atom. The van der Waals surface area contributed by atoms with E-state index in [1.165, 1.54) is 29.0 Å². The molecule has 2 aliphatic rings. The summed E-state index contributed by atoms with van der Waals surface area (Å²) in [5, 5.41) is 16.8. The van der Waals surface area contributed by atoms with Crippen molar-refractivity contribution in [3.63, 3.8) is 0 Å². The van der Waals surface area contributed by atoms with E-state index in [0.29, 0.717) is 6.42 Å². The predicted molar refractivity (Wildman–Crippen MR) is 106 cm³/mol. The van der Waals surface area contributed by atoms with E-state index < -0.39 is 5.97 Å². The molecule has 1 aromatic heterocycles. The molecule has 0 atom stereocenters. The van der Waals surface area contributed by atoms with Gasteiger partial charge in [0.25, 0.3) is 0 Å². The normalized spacial score (nSPS) is 14.9. The average molecular weight is 390 g/mol. The number of nitrogens with zero attached hydrogens (tertiary/aromatic N) is 2. The highest BCUT2D eigenvalue weighted by Crippen LogP contribution is 2.40. The van der Waals surface area contributed by atoms with E-state index in [-0.39, 0.29) is 11.5 Å². The molecule has 5 rings (SSSR count). The van der Waals surface area contributed by atoms with Gasteiger partial charge in [0.15, 0.2) is 5.13 Å². The van der Waals surface area contributed by atoms with Crippen molar-refractivity contribution in [2.75, 3.05) is 16.8 Å². The van der Waals surface area contributed by atoms with Gasteiger partial charge in [-0.1, -0.05) is 12.1 Å². The van der Waals surface area contributed by atoms with Crippen LogP contribution in [0, 0.1) is 0 Å². The van der Waals surface area contributed by atoms with Crippen LogP contribution in [0.4, 0.5) is 16.5 Å². The molecule has 0 bridgehead atoms. The first-order valence-electron chi connectivity index (χ1n) is 9.09. The number of benzene rings is 2.